The van der Waals surface area contributed by atoms with Gasteiger partial charge in [0.05, 0.1) is 12.5 Å². The van der Waals surface area contributed by atoms with Gasteiger partial charge in [0, 0.05) is 24.4 Å². The van der Waals surface area contributed by atoms with Crippen LogP contribution in [0.3, 0.4) is 0 Å². The molecule has 3 aromatic rings. The molecule has 3 rings (SSSR count). The van der Waals surface area contributed by atoms with Crippen molar-refractivity contribution in [1.82, 2.24) is 0 Å². The van der Waals surface area contributed by atoms with Crippen LogP contribution in [0.25, 0.3) is 22.3 Å². The van der Waals surface area contributed by atoms with Gasteiger partial charge >= 0.3 is 0 Å². The molecule has 0 aliphatic carbocycles. The van der Waals surface area contributed by atoms with Crippen molar-refractivity contribution in [2.45, 2.75) is 0 Å². The lowest BCUT2D eigenvalue weighted by Gasteiger charge is -2.07. The third-order valence-corrected chi connectivity index (χ3v) is 3.66. The molecule has 2 aromatic carbocycles. The Balaban J connectivity index is 1.91. The van der Waals surface area contributed by atoms with E-state index in [0.717, 1.165) is 5.56 Å². The molecular formula is C19H17NO5. The van der Waals surface area contributed by atoms with Crippen molar-refractivity contribution in [2.75, 3.05) is 26.1 Å². The minimum atomic E-state index is -0.235. The fourth-order valence-corrected chi connectivity index (χ4v) is 2.45. The second-order valence-electron chi connectivity index (χ2n) is 5.40. The van der Waals surface area contributed by atoms with E-state index in [2.05, 4.69) is 5.32 Å². The molecule has 0 aliphatic heterocycles. The lowest BCUT2D eigenvalue weighted by Crippen LogP contribution is -2.16. The molecule has 1 aromatic heterocycles. The average Bonchev–Trinajstić information content (AvgIpc) is 2.62. The summed E-state index contributed by atoms with van der Waals surface area (Å²) in [7, 11) is 3.00. The zero-order valence-electron chi connectivity index (χ0n) is 13.9. The molecule has 1 N–H and O–H groups in total. The van der Waals surface area contributed by atoms with Crippen LogP contribution in [0.1, 0.15) is 0 Å². The number of ether oxygens (including phenoxy) is 2. The summed E-state index contributed by atoms with van der Waals surface area (Å²) in [5.41, 5.74) is 1.71. The maximum atomic E-state index is 12.3. The van der Waals surface area contributed by atoms with Gasteiger partial charge in [-0.2, -0.15) is 0 Å². The van der Waals surface area contributed by atoms with Crippen LogP contribution >= 0.6 is 0 Å². The van der Waals surface area contributed by atoms with Crippen molar-refractivity contribution in [2.24, 2.45) is 0 Å². The van der Waals surface area contributed by atoms with Crippen molar-refractivity contribution in [3.63, 3.8) is 0 Å². The highest BCUT2D eigenvalue weighted by Gasteiger charge is 2.09. The minimum Gasteiger partial charge on any atom is -0.497 e. The molecule has 0 unspecified atom stereocenters. The van der Waals surface area contributed by atoms with E-state index in [1.54, 1.807) is 49.6 Å². The van der Waals surface area contributed by atoms with Gasteiger partial charge in [0.2, 0.25) is 5.91 Å². The smallest absolute Gasteiger partial charge is 0.250 e. The molecule has 0 fully saturated rings. The summed E-state index contributed by atoms with van der Waals surface area (Å²) in [5, 5.41) is 3.17. The number of anilines is 1. The maximum Gasteiger partial charge on any atom is 0.250 e. The largest absolute Gasteiger partial charge is 0.497 e. The van der Waals surface area contributed by atoms with Crippen molar-refractivity contribution in [1.29, 1.82) is 0 Å². The van der Waals surface area contributed by atoms with Crippen LogP contribution < -0.4 is 15.5 Å². The Morgan fingerprint density at radius 3 is 2.52 bits per heavy atom. The van der Waals surface area contributed by atoms with E-state index in [1.807, 2.05) is 0 Å². The van der Waals surface area contributed by atoms with Gasteiger partial charge in [-0.05, 0) is 42.5 Å². The number of hydrogen-bond acceptors (Lipinski definition) is 5. The van der Waals surface area contributed by atoms with E-state index >= 15 is 0 Å². The number of benzene rings is 2. The Morgan fingerprint density at radius 1 is 1.08 bits per heavy atom. The molecule has 1 heterocycles. The molecular weight excluding hydrogens is 322 g/mol. The van der Waals surface area contributed by atoms with Crippen LogP contribution in [0.15, 0.2) is 57.7 Å². The van der Waals surface area contributed by atoms with Crippen LogP contribution in [-0.4, -0.2) is 26.7 Å². The lowest BCUT2D eigenvalue weighted by atomic mass is 10.1. The fourth-order valence-electron chi connectivity index (χ4n) is 2.45. The predicted octanol–water partition coefficient (Wildman–Crippen LogP) is 3.05. The highest BCUT2D eigenvalue weighted by Crippen LogP contribution is 2.25. The zero-order valence-corrected chi connectivity index (χ0v) is 13.9. The summed E-state index contributed by atoms with van der Waals surface area (Å²) in [6.07, 6.45) is 0. The fraction of sp³-hybridized carbons (Fsp3) is 0.158. The Kier molecular flexibility index (Phi) is 4.81. The average molecular weight is 339 g/mol. The van der Waals surface area contributed by atoms with E-state index in [4.69, 9.17) is 13.9 Å². The number of rotatable bonds is 5. The first-order valence-electron chi connectivity index (χ1n) is 7.62. The van der Waals surface area contributed by atoms with E-state index in [1.165, 1.54) is 13.2 Å². The Bertz CT molecular complexity index is 960. The molecule has 0 bridgehead atoms. The monoisotopic (exact) mass is 339 g/mol. The Morgan fingerprint density at radius 2 is 1.84 bits per heavy atom. The van der Waals surface area contributed by atoms with Crippen LogP contribution in [-0.2, 0) is 9.53 Å². The number of amides is 1. The summed E-state index contributed by atoms with van der Waals surface area (Å²) in [4.78, 5) is 23.8. The predicted molar refractivity (Wildman–Crippen MR) is 95.0 cm³/mol. The summed E-state index contributed by atoms with van der Waals surface area (Å²) in [5.74, 6) is 0.822. The highest BCUT2D eigenvalue weighted by molar-refractivity contribution is 5.92. The van der Waals surface area contributed by atoms with Gasteiger partial charge in [0.1, 0.15) is 23.7 Å². The first-order chi connectivity index (χ1) is 12.1. The van der Waals surface area contributed by atoms with E-state index in [-0.39, 0.29) is 17.9 Å². The van der Waals surface area contributed by atoms with Gasteiger partial charge in [-0.15, -0.1) is 0 Å². The topological polar surface area (TPSA) is 77.8 Å². The van der Waals surface area contributed by atoms with Crippen molar-refractivity contribution in [3.8, 4) is 17.1 Å². The van der Waals surface area contributed by atoms with Crippen LogP contribution in [0.2, 0.25) is 0 Å². The van der Waals surface area contributed by atoms with Crippen molar-refractivity contribution >= 4 is 22.6 Å². The second kappa shape index (κ2) is 7.19. The number of carbonyl (C=O) groups is 1. The summed E-state index contributed by atoms with van der Waals surface area (Å²) in [6.45, 7) is -0.00916. The molecule has 1 amide bonds. The Hall–Kier alpha value is -3.12. The molecule has 0 spiro atoms. The third-order valence-electron chi connectivity index (χ3n) is 3.66. The van der Waals surface area contributed by atoms with Crippen molar-refractivity contribution < 1.29 is 18.7 Å². The SMILES string of the molecule is COCC(=O)Nc1ccc(-c2cc(=O)c3cc(OC)ccc3o2)cc1. The summed E-state index contributed by atoms with van der Waals surface area (Å²) in [6, 6.07) is 13.6. The van der Waals surface area contributed by atoms with E-state index in [0.29, 0.717) is 28.2 Å². The highest BCUT2D eigenvalue weighted by atomic mass is 16.5. The van der Waals surface area contributed by atoms with Crippen LogP contribution in [0, 0.1) is 0 Å². The second-order valence-corrected chi connectivity index (χ2v) is 5.40. The molecule has 0 radical (unpaired) electrons. The standard InChI is InChI=1S/C19H17NO5/c1-23-11-19(22)20-13-5-3-12(4-6-13)18-10-16(21)15-9-14(24-2)7-8-17(15)25-18/h3-10H,11H2,1-2H3,(H,20,22). The third kappa shape index (κ3) is 3.70. The molecule has 25 heavy (non-hydrogen) atoms. The number of methoxy groups -OCH3 is 2. The molecule has 6 nitrogen and oxygen atoms in total. The van der Waals surface area contributed by atoms with Gasteiger partial charge in [-0.1, -0.05) is 0 Å². The van der Waals surface area contributed by atoms with Crippen LogP contribution in [0.4, 0.5) is 5.69 Å². The summed E-state index contributed by atoms with van der Waals surface area (Å²) >= 11 is 0. The first kappa shape index (κ1) is 16.7. The number of nitrogens with one attached hydrogen (secondary N) is 1. The molecule has 6 heteroatoms. The lowest BCUT2D eigenvalue weighted by molar-refractivity contribution is -0.119. The van der Waals surface area contributed by atoms with Gasteiger partial charge in [0.25, 0.3) is 0 Å². The normalized spacial score (nSPS) is 10.6. The Labute approximate surface area is 144 Å². The first-order valence-corrected chi connectivity index (χ1v) is 7.62. The zero-order chi connectivity index (χ0) is 17.8. The molecule has 0 saturated heterocycles. The van der Waals surface area contributed by atoms with Gasteiger partial charge in [0.15, 0.2) is 5.43 Å². The minimum absolute atomic E-state index is 0.00916. The quantitative estimate of drug-likeness (QED) is 0.773. The van der Waals surface area contributed by atoms with Crippen molar-refractivity contribution in [3.05, 3.63) is 58.8 Å². The van der Waals surface area contributed by atoms with Gasteiger partial charge in [-0.3, -0.25) is 9.59 Å². The summed E-state index contributed by atoms with van der Waals surface area (Å²) < 4.78 is 15.7. The van der Waals surface area contributed by atoms with Gasteiger partial charge < -0.3 is 19.2 Å². The molecule has 0 atom stereocenters. The number of hydrogen-bond donors (Lipinski definition) is 1. The van der Waals surface area contributed by atoms with Gasteiger partial charge in [-0.25, -0.2) is 0 Å². The molecule has 0 aliphatic rings. The number of carbonyl (C=O) groups excluding carboxylic acids is 1. The van der Waals surface area contributed by atoms with E-state index in [9.17, 15) is 9.59 Å². The molecule has 0 saturated carbocycles. The molecule has 128 valence electrons. The van der Waals surface area contributed by atoms with Crippen LogP contribution in [0.5, 0.6) is 5.75 Å². The number of fused-ring (bicyclic) bond motifs is 1. The maximum absolute atomic E-state index is 12.3. The van der Waals surface area contributed by atoms with E-state index < -0.39 is 0 Å².